The summed E-state index contributed by atoms with van der Waals surface area (Å²) in [5.41, 5.74) is 5.74. The van der Waals surface area contributed by atoms with Gasteiger partial charge in [0.15, 0.2) is 0 Å². The second-order valence-electron chi connectivity index (χ2n) is 4.73. The van der Waals surface area contributed by atoms with E-state index >= 15 is 0 Å². The Morgan fingerprint density at radius 1 is 1.40 bits per heavy atom. The van der Waals surface area contributed by atoms with Gasteiger partial charge in [0, 0.05) is 12.5 Å². The van der Waals surface area contributed by atoms with Crippen LogP contribution in [-0.4, -0.2) is 16.0 Å². The zero-order valence-electron chi connectivity index (χ0n) is 11.2. The second kappa shape index (κ2) is 5.50. The minimum Gasteiger partial charge on any atom is -0.469 e. The Morgan fingerprint density at radius 2 is 2.30 bits per heavy atom. The number of rotatable bonds is 5. The van der Waals surface area contributed by atoms with Crippen LogP contribution < -0.4 is 11.1 Å². The summed E-state index contributed by atoms with van der Waals surface area (Å²) in [6.07, 6.45) is 3.56. The summed E-state index contributed by atoms with van der Waals surface area (Å²) in [5.74, 6) is 2.11. The molecule has 0 bridgehead atoms. The highest BCUT2D eigenvalue weighted by Gasteiger charge is 2.10. The molecule has 0 radical (unpaired) electrons. The quantitative estimate of drug-likeness (QED) is 0.753. The van der Waals surface area contributed by atoms with Gasteiger partial charge in [-0.25, -0.2) is 4.98 Å². The summed E-state index contributed by atoms with van der Waals surface area (Å²) in [4.78, 5) is 9.43. The molecule has 0 spiro atoms. The number of furan rings is 1. The first-order chi connectivity index (χ1) is 9.72. The van der Waals surface area contributed by atoms with Gasteiger partial charge in [-0.2, -0.15) is 4.98 Å². The number of aryl methyl sites for hydroxylation is 1. The van der Waals surface area contributed by atoms with Gasteiger partial charge in [0.1, 0.15) is 16.4 Å². The van der Waals surface area contributed by atoms with Gasteiger partial charge in [-0.1, -0.05) is 0 Å². The Bertz CT molecular complexity index is 692. The van der Waals surface area contributed by atoms with E-state index in [0.717, 1.165) is 34.6 Å². The van der Waals surface area contributed by atoms with Crippen molar-refractivity contribution in [3.63, 3.8) is 0 Å². The molecule has 3 aromatic rings. The fourth-order valence-electron chi connectivity index (χ4n) is 2.10. The molecule has 3 aromatic heterocycles. The van der Waals surface area contributed by atoms with E-state index in [-0.39, 0.29) is 6.04 Å². The first-order valence-corrected chi connectivity index (χ1v) is 7.40. The molecule has 0 saturated carbocycles. The summed E-state index contributed by atoms with van der Waals surface area (Å²) in [5, 5.41) is 6.43. The first-order valence-electron chi connectivity index (χ1n) is 6.52. The van der Waals surface area contributed by atoms with E-state index < -0.39 is 0 Å². The summed E-state index contributed by atoms with van der Waals surface area (Å²) in [6.45, 7) is 2.12. The molecule has 0 aromatic carbocycles. The molecule has 0 aliphatic rings. The predicted molar refractivity (Wildman–Crippen MR) is 81.9 cm³/mol. The molecule has 3 heterocycles. The minimum absolute atomic E-state index is 0.275. The molecule has 20 heavy (non-hydrogen) atoms. The van der Waals surface area contributed by atoms with Crippen LogP contribution in [0.25, 0.3) is 10.2 Å². The van der Waals surface area contributed by atoms with E-state index in [1.165, 1.54) is 0 Å². The van der Waals surface area contributed by atoms with Crippen molar-refractivity contribution in [2.45, 2.75) is 25.8 Å². The van der Waals surface area contributed by atoms with E-state index in [1.807, 2.05) is 23.6 Å². The summed E-state index contributed by atoms with van der Waals surface area (Å²) >= 11 is 1.57. The van der Waals surface area contributed by atoms with Gasteiger partial charge in [-0.05, 0) is 36.9 Å². The average molecular weight is 288 g/mol. The van der Waals surface area contributed by atoms with E-state index in [0.29, 0.717) is 5.95 Å². The number of hydrogen-bond acceptors (Lipinski definition) is 6. The number of nitrogens with zero attached hydrogens (tertiary/aromatic N) is 2. The molecule has 0 fully saturated rings. The molecule has 0 amide bonds. The molecule has 3 N–H and O–H groups in total. The van der Waals surface area contributed by atoms with Gasteiger partial charge >= 0.3 is 0 Å². The first kappa shape index (κ1) is 12.9. The minimum atomic E-state index is 0.275. The lowest BCUT2D eigenvalue weighted by atomic mass is 10.1. The number of nitrogens with two attached hydrogens (primary N) is 1. The fourth-order valence-corrected chi connectivity index (χ4v) is 2.87. The van der Waals surface area contributed by atoms with Gasteiger partial charge in [-0.15, -0.1) is 11.3 Å². The van der Waals surface area contributed by atoms with Crippen LogP contribution in [0.3, 0.4) is 0 Å². The Morgan fingerprint density at radius 3 is 3.10 bits per heavy atom. The monoisotopic (exact) mass is 288 g/mol. The molecule has 6 heteroatoms. The number of aromatic nitrogens is 2. The van der Waals surface area contributed by atoms with Crippen LogP contribution >= 0.6 is 11.3 Å². The van der Waals surface area contributed by atoms with Crippen molar-refractivity contribution in [1.82, 2.24) is 9.97 Å². The van der Waals surface area contributed by atoms with Crippen molar-refractivity contribution in [3.05, 3.63) is 35.6 Å². The van der Waals surface area contributed by atoms with Gasteiger partial charge < -0.3 is 15.5 Å². The van der Waals surface area contributed by atoms with Crippen molar-refractivity contribution in [3.8, 4) is 0 Å². The fraction of sp³-hybridized carbons (Fsp3) is 0.286. The van der Waals surface area contributed by atoms with Crippen molar-refractivity contribution in [2.75, 3.05) is 11.1 Å². The highest BCUT2D eigenvalue weighted by molar-refractivity contribution is 7.16. The maximum absolute atomic E-state index is 5.74. The molecule has 5 nitrogen and oxygen atoms in total. The highest BCUT2D eigenvalue weighted by atomic mass is 32.1. The van der Waals surface area contributed by atoms with Crippen LogP contribution in [0.5, 0.6) is 0 Å². The van der Waals surface area contributed by atoms with Gasteiger partial charge in [-0.3, -0.25) is 0 Å². The van der Waals surface area contributed by atoms with Gasteiger partial charge in [0.25, 0.3) is 0 Å². The lowest BCUT2D eigenvalue weighted by Crippen LogP contribution is -2.17. The topological polar surface area (TPSA) is 77.0 Å². The number of hydrogen-bond donors (Lipinski definition) is 2. The van der Waals surface area contributed by atoms with Crippen LogP contribution in [0.4, 0.5) is 11.8 Å². The molecule has 3 rings (SSSR count). The maximum Gasteiger partial charge on any atom is 0.223 e. The van der Waals surface area contributed by atoms with Crippen LogP contribution in [0, 0.1) is 0 Å². The summed E-state index contributed by atoms with van der Waals surface area (Å²) in [7, 11) is 0. The molecule has 104 valence electrons. The lowest BCUT2D eigenvalue weighted by molar-refractivity contribution is 0.495. The Kier molecular flexibility index (Phi) is 3.56. The second-order valence-corrected chi connectivity index (χ2v) is 5.63. The third kappa shape index (κ3) is 2.75. The van der Waals surface area contributed by atoms with E-state index in [2.05, 4.69) is 22.2 Å². The van der Waals surface area contributed by atoms with Gasteiger partial charge in [0.2, 0.25) is 5.95 Å². The number of nitrogens with one attached hydrogen (secondary N) is 1. The number of fused-ring (bicyclic) bond motifs is 1. The van der Waals surface area contributed by atoms with Crippen LogP contribution in [0.2, 0.25) is 0 Å². The van der Waals surface area contributed by atoms with Crippen molar-refractivity contribution >= 4 is 33.3 Å². The standard InChI is InChI=1S/C14H16N4OS/c1-9(4-5-10-3-2-7-19-10)16-12-11-6-8-20-13(11)18-14(15)17-12/h2-3,6-9H,4-5H2,1H3,(H3,15,16,17,18). The molecular formula is C14H16N4OS. The molecular weight excluding hydrogens is 272 g/mol. The third-order valence-electron chi connectivity index (χ3n) is 3.13. The molecule has 1 atom stereocenters. The molecule has 0 aliphatic carbocycles. The molecule has 0 saturated heterocycles. The Balaban J connectivity index is 1.70. The SMILES string of the molecule is CC(CCc1ccco1)Nc1nc(N)nc2sccc12. The summed E-state index contributed by atoms with van der Waals surface area (Å²) in [6, 6.07) is 6.19. The number of anilines is 2. The lowest BCUT2D eigenvalue weighted by Gasteiger charge is -2.14. The molecule has 1 unspecified atom stereocenters. The zero-order valence-corrected chi connectivity index (χ0v) is 12.0. The van der Waals surface area contributed by atoms with Crippen LogP contribution in [0.1, 0.15) is 19.1 Å². The van der Waals surface area contributed by atoms with E-state index in [1.54, 1.807) is 17.6 Å². The van der Waals surface area contributed by atoms with E-state index in [4.69, 9.17) is 10.2 Å². The maximum atomic E-state index is 5.74. The normalized spacial score (nSPS) is 12.7. The largest absolute Gasteiger partial charge is 0.469 e. The van der Waals surface area contributed by atoms with Gasteiger partial charge in [0.05, 0.1) is 11.6 Å². The smallest absolute Gasteiger partial charge is 0.223 e. The Hall–Kier alpha value is -2.08. The highest BCUT2D eigenvalue weighted by Crippen LogP contribution is 2.26. The third-order valence-corrected chi connectivity index (χ3v) is 3.94. The van der Waals surface area contributed by atoms with Crippen molar-refractivity contribution in [1.29, 1.82) is 0 Å². The van der Waals surface area contributed by atoms with E-state index in [9.17, 15) is 0 Å². The summed E-state index contributed by atoms with van der Waals surface area (Å²) < 4.78 is 5.34. The van der Waals surface area contributed by atoms with Crippen molar-refractivity contribution in [2.24, 2.45) is 0 Å². The zero-order chi connectivity index (χ0) is 13.9. The predicted octanol–water partition coefficient (Wildman–Crippen LogP) is 3.30. The average Bonchev–Trinajstić information content (AvgIpc) is 3.06. The van der Waals surface area contributed by atoms with Crippen molar-refractivity contribution < 1.29 is 4.42 Å². The van der Waals surface area contributed by atoms with Crippen LogP contribution in [-0.2, 0) is 6.42 Å². The van der Waals surface area contributed by atoms with Crippen LogP contribution in [0.15, 0.2) is 34.3 Å². The molecule has 0 aliphatic heterocycles. The Labute approximate surface area is 120 Å². The number of nitrogen functional groups attached to an aromatic ring is 1. The number of thiophene rings is 1.